The number of alkyl halides is 1. The normalized spacial score (nSPS) is 9.71. The molecule has 0 fully saturated rings. The fourth-order valence-corrected chi connectivity index (χ4v) is 2.45. The number of benzene rings is 3. The molecule has 0 aliphatic rings. The lowest BCUT2D eigenvalue weighted by atomic mass is 10.2. The molecule has 0 atom stereocenters. The quantitative estimate of drug-likeness (QED) is 0.297. The van der Waals surface area contributed by atoms with E-state index in [9.17, 15) is 9.50 Å². The van der Waals surface area contributed by atoms with Crippen molar-refractivity contribution in [3.05, 3.63) is 71.3 Å². The first kappa shape index (κ1) is 29.4. The van der Waals surface area contributed by atoms with E-state index in [0.717, 1.165) is 41.0 Å². The van der Waals surface area contributed by atoms with Crippen molar-refractivity contribution in [2.24, 2.45) is 0 Å². The molecule has 0 aliphatic carbocycles. The molecule has 0 aliphatic heterocycles. The maximum Gasteiger partial charge on any atom is 0.125 e. The zero-order valence-corrected chi connectivity index (χ0v) is 21.2. The van der Waals surface area contributed by atoms with Crippen LogP contribution in [0.5, 0.6) is 34.5 Å². The van der Waals surface area contributed by atoms with E-state index in [4.69, 9.17) is 26.2 Å². The van der Waals surface area contributed by atoms with Crippen LogP contribution >= 0.6 is 0 Å². The van der Waals surface area contributed by atoms with Crippen LogP contribution in [0.3, 0.4) is 0 Å². The first-order chi connectivity index (χ1) is 17.1. The van der Waals surface area contributed by atoms with Gasteiger partial charge in [-0.2, -0.15) is 0 Å². The summed E-state index contributed by atoms with van der Waals surface area (Å²) in [5, 5.41) is 36.2. The van der Waals surface area contributed by atoms with Gasteiger partial charge in [0, 0.05) is 18.2 Å². The molecule has 0 bridgehead atoms. The van der Waals surface area contributed by atoms with Crippen molar-refractivity contribution < 1.29 is 35.7 Å². The van der Waals surface area contributed by atoms with E-state index < -0.39 is 7.15 Å². The van der Waals surface area contributed by atoms with E-state index in [1.807, 2.05) is 39.0 Å². The summed E-state index contributed by atoms with van der Waals surface area (Å²) in [6, 6.07) is 15.0. The van der Waals surface area contributed by atoms with Crippen LogP contribution in [0.1, 0.15) is 44.8 Å². The van der Waals surface area contributed by atoms with Crippen LogP contribution in [0.4, 0.5) is 4.39 Å². The zero-order chi connectivity index (χ0) is 27.5. The molecule has 7 heteroatoms. The van der Waals surface area contributed by atoms with Crippen LogP contribution in [0.15, 0.2) is 54.6 Å². The lowest BCUT2D eigenvalue weighted by Crippen LogP contribution is -1.96. The molecule has 0 saturated carbocycles. The number of ether oxygens (including phenoxy) is 2. The number of phenols is 4. The fraction of sp³-hybridized carbons (Fsp3) is 0.357. The van der Waals surface area contributed by atoms with E-state index in [-0.39, 0.29) is 17.2 Å². The Labute approximate surface area is 209 Å². The van der Waals surface area contributed by atoms with Gasteiger partial charge in [0.05, 0.1) is 21.7 Å². The summed E-state index contributed by atoms with van der Waals surface area (Å²) in [6.45, 7) is 11.1. The molecule has 0 amide bonds. The second-order valence-corrected chi connectivity index (χ2v) is 7.57. The zero-order valence-electron chi connectivity index (χ0n) is 22.2. The number of aryl methyl sites for hydroxylation is 3. The molecular formula is C28H39FO6. The molecule has 3 aromatic carbocycles. The highest BCUT2D eigenvalue weighted by atomic mass is 19.1. The molecule has 3 rings (SSSR count). The van der Waals surface area contributed by atoms with Gasteiger partial charge in [0.2, 0.25) is 0 Å². The average Bonchev–Trinajstić information content (AvgIpc) is 2.84. The van der Waals surface area contributed by atoms with Gasteiger partial charge in [-0.05, 0) is 68.5 Å². The van der Waals surface area contributed by atoms with Crippen LogP contribution in [0, 0.1) is 20.8 Å². The lowest BCUT2D eigenvalue weighted by molar-refractivity contribution is 0.313. The summed E-state index contributed by atoms with van der Waals surface area (Å²) in [4.78, 5) is 0. The number of rotatable bonds is 6. The predicted molar refractivity (Wildman–Crippen MR) is 139 cm³/mol. The van der Waals surface area contributed by atoms with Gasteiger partial charge >= 0.3 is 0 Å². The van der Waals surface area contributed by atoms with Crippen LogP contribution in [-0.2, 0) is 0 Å². The van der Waals surface area contributed by atoms with Gasteiger partial charge in [-0.15, -0.1) is 0 Å². The Bertz CT molecular complexity index is 1010. The molecule has 35 heavy (non-hydrogen) atoms. The van der Waals surface area contributed by atoms with Gasteiger partial charge < -0.3 is 29.9 Å². The Morgan fingerprint density at radius 1 is 0.686 bits per heavy atom. The van der Waals surface area contributed by atoms with Crippen LogP contribution in [0.2, 0.25) is 0 Å². The van der Waals surface area contributed by atoms with Crippen molar-refractivity contribution in [2.45, 2.75) is 47.5 Å². The molecule has 4 N–H and O–H groups in total. The van der Waals surface area contributed by atoms with E-state index in [2.05, 4.69) is 6.92 Å². The molecule has 0 radical (unpaired) electrons. The van der Waals surface area contributed by atoms with E-state index in [1.165, 1.54) is 12.1 Å². The number of halogens is 1. The minimum Gasteiger partial charge on any atom is -0.508 e. The monoisotopic (exact) mass is 491 g/mol. The maximum absolute atomic E-state index is 9.96. The first-order valence-electron chi connectivity index (χ1n) is 12.0. The third-order valence-corrected chi connectivity index (χ3v) is 4.48. The van der Waals surface area contributed by atoms with Gasteiger partial charge in [-0.1, -0.05) is 32.0 Å². The molecule has 0 unspecified atom stereocenters. The number of phenolic OH excluding ortho intramolecular Hbond substituents is 4. The molecule has 194 valence electrons. The molecule has 0 heterocycles. The second kappa shape index (κ2) is 17.8. The lowest BCUT2D eigenvalue weighted by Gasteiger charge is -2.07. The standard InChI is InChI=1S/2C10H14O2.C7H8O2.CH3F/c1-3-6-12-9-5-4-8(2)10(11)7-9;1-3-6-12-10-7-9(11)5-4-8(10)2;1-5-2-3-6(8)4-7(5)9;1-2/h2*4-5,7,11H,3,6H2,1-2H3;2-4,8-9H,1H3;1H3/i;;;1D. The summed E-state index contributed by atoms with van der Waals surface area (Å²) < 4.78 is 26.2. The van der Waals surface area contributed by atoms with Crippen LogP contribution in [0.25, 0.3) is 0 Å². The Hall–Kier alpha value is -3.61. The topological polar surface area (TPSA) is 99.4 Å². The van der Waals surface area contributed by atoms with Crippen molar-refractivity contribution in [3.8, 4) is 34.5 Å². The second-order valence-electron chi connectivity index (χ2n) is 7.57. The number of hydrogen-bond acceptors (Lipinski definition) is 6. The largest absolute Gasteiger partial charge is 0.508 e. The highest BCUT2D eigenvalue weighted by Crippen LogP contribution is 2.24. The Morgan fingerprint density at radius 2 is 1.14 bits per heavy atom. The van der Waals surface area contributed by atoms with Crippen LogP contribution in [-0.4, -0.2) is 40.8 Å². The van der Waals surface area contributed by atoms with Gasteiger partial charge in [0.15, 0.2) is 0 Å². The van der Waals surface area contributed by atoms with E-state index >= 15 is 0 Å². The summed E-state index contributed by atoms with van der Waals surface area (Å²) in [7, 11) is -1.00. The number of aromatic hydroxyl groups is 4. The number of hydrogen-bond donors (Lipinski definition) is 4. The average molecular weight is 492 g/mol. The third kappa shape index (κ3) is 13.0. The molecule has 3 aromatic rings. The fourth-order valence-electron chi connectivity index (χ4n) is 2.45. The van der Waals surface area contributed by atoms with Gasteiger partial charge in [-0.3, -0.25) is 4.39 Å². The molecule has 0 aromatic heterocycles. The molecule has 0 spiro atoms. The summed E-state index contributed by atoms with van der Waals surface area (Å²) in [6.07, 6.45) is 1.96. The minimum absolute atomic E-state index is 0.0955. The highest BCUT2D eigenvalue weighted by molar-refractivity contribution is 5.40. The Morgan fingerprint density at radius 3 is 1.63 bits per heavy atom. The van der Waals surface area contributed by atoms with E-state index in [1.54, 1.807) is 31.2 Å². The van der Waals surface area contributed by atoms with Crippen LogP contribution < -0.4 is 9.47 Å². The summed E-state index contributed by atoms with van der Waals surface area (Å²) >= 11 is 0. The smallest absolute Gasteiger partial charge is 0.125 e. The van der Waals surface area contributed by atoms with Gasteiger partial charge in [0.1, 0.15) is 34.5 Å². The van der Waals surface area contributed by atoms with Gasteiger partial charge in [0.25, 0.3) is 0 Å². The Kier molecular flexibility index (Phi) is 15.0. The van der Waals surface area contributed by atoms with E-state index in [0.29, 0.717) is 19.0 Å². The minimum atomic E-state index is -1.00. The molecule has 0 saturated heterocycles. The van der Waals surface area contributed by atoms with Gasteiger partial charge in [-0.25, -0.2) is 0 Å². The predicted octanol–water partition coefficient (Wildman–Crippen LogP) is 6.97. The maximum atomic E-state index is 9.96. The van der Waals surface area contributed by atoms with Crippen molar-refractivity contribution in [1.29, 1.82) is 0 Å². The van der Waals surface area contributed by atoms with Crippen molar-refractivity contribution >= 4 is 0 Å². The van der Waals surface area contributed by atoms with Crippen molar-refractivity contribution in [3.63, 3.8) is 0 Å². The third-order valence-electron chi connectivity index (χ3n) is 4.48. The van der Waals surface area contributed by atoms with Crippen molar-refractivity contribution in [2.75, 3.05) is 20.4 Å². The SMILES string of the molecule is CCCOc1cc(O)ccc1C.CCCOc1ccc(C)c(O)c1.Cc1ccc(O)cc1O.[2H]CF. The highest BCUT2D eigenvalue weighted by Gasteiger charge is 1.99. The first-order valence-corrected chi connectivity index (χ1v) is 11.3. The molecular weight excluding hydrogens is 451 g/mol. The summed E-state index contributed by atoms with van der Waals surface area (Å²) in [5.74, 6) is 2.29. The van der Waals surface area contributed by atoms with Crippen molar-refractivity contribution in [1.82, 2.24) is 0 Å². The molecule has 6 nitrogen and oxygen atoms in total. The Balaban J connectivity index is 0.000000488. The summed E-state index contributed by atoms with van der Waals surface area (Å²) in [5.41, 5.74) is 2.70.